The highest BCUT2D eigenvalue weighted by Crippen LogP contribution is 2.31. The Kier molecular flexibility index (Phi) is 5.03. The quantitative estimate of drug-likeness (QED) is 0.492. The van der Waals surface area contributed by atoms with Gasteiger partial charge in [0.2, 0.25) is 5.91 Å². The van der Waals surface area contributed by atoms with Crippen molar-refractivity contribution in [1.29, 1.82) is 0 Å². The Morgan fingerprint density at radius 3 is 2.62 bits per heavy atom. The van der Waals surface area contributed by atoms with E-state index in [0.29, 0.717) is 35.6 Å². The molecule has 0 bridgehead atoms. The fraction of sp³-hybridized carbons (Fsp3) is 0.167. The first-order chi connectivity index (χ1) is 15.6. The first-order valence-corrected chi connectivity index (χ1v) is 10.3. The van der Waals surface area contributed by atoms with Crippen molar-refractivity contribution in [2.45, 2.75) is 12.5 Å². The summed E-state index contributed by atoms with van der Waals surface area (Å²) in [4.78, 5) is 33.4. The lowest BCUT2D eigenvalue weighted by molar-refractivity contribution is -0.125. The van der Waals surface area contributed by atoms with Gasteiger partial charge in [-0.2, -0.15) is 5.10 Å². The molecule has 1 amide bonds. The van der Waals surface area contributed by atoms with Gasteiger partial charge in [-0.3, -0.25) is 9.59 Å². The third-order valence-electron chi connectivity index (χ3n) is 5.60. The Morgan fingerprint density at radius 1 is 1.12 bits per heavy atom. The number of fused-ring (bicyclic) bond motifs is 1. The van der Waals surface area contributed by atoms with Crippen LogP contribution in [0.1, 0.15) is 12.5 Å². The Labute approximate surface area is 183 Å². The molecule has 1 saturated heterocycles. The smallest absolute Gasteiger partial charge is 0.262 e. The van der Waals surface area contributed by atoms with Crippen molar-refractivity contribution in [3.8, 4) is 22.8 Å². The lowest BCUT2D eigenvalue weighted by Gasteiger charge is -2.14. The molecule has 1 unspecified atom stereocenters. The average Bonchev–Trinajstić information content (AvgIpc) is 3.46. The van der Waals surface area contributed by atoms with Gasteiger partial charge in [-0.15, -0.1) is 0 Å². The summed E-state index contributed by atoms with van der Waals surface area (Å²) in [5.74, 6) is 1.32. The zero-order valence-electron chi connectivity index (χ0n) is 17.3. The molecule has 1 aliphatic rings. The molecular formula is C24H21N5O3. The molecular weight excluding hydrogens is 406 g/mol. The van der Waals surface area contributed by atoms with E-state index in [-0.39, 0.29) is 17.5 Å². The van der Waals surface area contributed by atoms with Crippen LogP contribution in [-0.4, -0.2) is 43.6 Å². The number of ether oxygens (including phenoxy) is 1. The van der Waals surface area contributed by atoms with E-state index < -0.39 is 0 Å². The van der Waals surface area contributed by atoms with E-state index in [1.54, 1.807) is 9.58 Å². The van der Waals surface area contributed by atoms with Gasteiger partial charge in [0.1, 0.15) is 22.6 Å². The average molecular weight is 427 g/mol. The molecule has 32 heavy (non-hydrogen) atoms. The van der Waals surface area contributed by atoms with Crippen LogP contribution in [0.15, 0.2) is 78.4 Å². The molecule has 0 saturated carbocycles. The molecule has 8 heteroatoms. The summed E-state index contributed by atoms with van der Waals surface area (Å²) in [7, 11) is 0. The van der Waals surface area contributed by atoms with Gasteiger partial charge in [0.15, 0.2) is 5.65 Å². The van der Waals surface area contributed by atoms with Gasteiger partial charge in [0.05, 0.1) is 12.4 Å². The van der Waals surface area contributed by atoms with Crippen LogP contribution < -0.4 is 10.3 Å². The molecule has 0 radical (unpaired) electrons. The second kappa shape index (κ2) is 8.14. The Balaban J connectivity index is 1.50. The Morgan fingerprint density at radius 2 is 1.88 bits per heavy atom. The van der Waals surface area contributed by atoms with Gasteiger partial charge >= 0.3 is 0 Å². The zero-order chi connectivity index (χ0) is 22.1. The molecule has 2 aromatic carbocycles. The van der Waals surface area contributed by atoms with E-state index in [4.69, 9.17) is 9.84 Å². The molecule has 0 spiro atoms. The van der Waals surface area contributed by atoms with Gasteiger partial charge in [0.25, 0.3) is 5.56 Å². The normalized spacial score (nSPS) is 15.8. The molecule has 8 nitrogen and oxygen atoms in total. The molecule has 1 aliphatic heterocycles. The monoisotopic (exact) mass is 427 g/mol. The summed E-state index contributed by atoms with van der Waals surface area (Å²) >= 11 is 0. The lowest BCUT2D eigenvalue weighted by atomic mass is 10.1. The molecule has 1 atom stereocenters. The first-order valence-electron chi connectivity index (χ1n) is 10.3. The summed E-state index contributed by atoms with van der Waals surface area (Å²) in [5, 5.41) is 5.19. The summed E-state index contributed by atoms with van der Waals surface area (Å²) in [6, 6.07) is 16.9. The first kappa shape index (κ1) is 19.7. The van der Waals surface area contributed by atoms with Crippen molar-refractivity contribution in [2.75, 3.05) is 13.1 Å². The van der Waals surface area contributed by atoms with Crippen molar-refractivity contribution in [1.82, 2.24) is 24.6 Å². The third kappa shape index (κ3) is 3.56. The van der Waals surface area contributed by atoms with Gasteiger partial charge in [-0.1, -0.05) is 24.8 Å². The fourth-order valence-electron chi connectivity index (χ4n) is 4.02. The molecule has 3 heterocycles. The van der Waals surface area contributed by atoms with E-state index in [9.17, 15) is 9.59 Å². The minimum atomic E-state index is -0.252. The van der Waals surface area contributed by atoms with E-state index in [2.05, 4.69) is 16.5 Å². The molecule has 1 N–H and O–H groups in total. The maximum atomic E-state index is 12.7. The van der Waals surface area contributed by atoms with Crippen LogP contribution in [-0.2, 0) is 4.79 Å². The van der Waals surface area contributed by atoms with Gasteiger partial charge in [-0.05, 0) is 48.9 Å². The predicted octanol–water partition coefficient (Wildman–Crippen LogP) is 3.54. The number of likely N-dealkylation sites (tertiary alicyclic amines) is 1. The van der Waals surface area contributed by atoms with E-state index in [1.165, 1.54) is 12.4 Å². The van der Waals surface area contributed by atoms with Crippen LogP contribution >= 0.6 is 0 Å². The van der Waals surface area contributed by atoms with Gasteiger partial charge < -0.3 is 14.6 Å². The van der Waals surface area contributed by atoms with Crippen LogP contribution in [0.3, 0.4) is 0 Å². The highest BCUT2D eigenvalue weighted by molar-refractivity contribution is 5.90. The summed E-state index contributed by atoms with van der Waals surface area (Å²) < 4.78 is 7.63. The minimum absolute atomic E-state index is 0.0647. The molecule has 160 valence electrons. The van der Waals surface area contributed by atoms with Crippen LogP contribution in [0.25, 0.3) is 22.3 Å². The van der Waals surface area contributed by atoms with E-state index in [0.717, 1.165) is 17.7 Å². The van der Waals surface area contributed by atoms with Crippen LogP contribution in [0.4, 0.5) is 0 Å². The summed E-state index contributed by atoms with van der Waals surface area (Å²) in [5.41, 5.74) is 1.59. The van der Waals surface area contributed by atoms with Crippen LogP contribution in [0.5, 0.6) is 11.5 Å². The highest BCUT2D eigenvalue weighted by atomic mass is 16.5. The number of nitrogens with zero attached hydrogens (tertiary/aromatic N) is 4. The van der Waals surface area contributed by atoms with Crippen LogP contribution in [0.2, 0.25) is 0 Å². The molecule has 2 aromatic heterocycles. The number of hydrogen-bond donors (Lipinski definition) is 1. The van der Waals surface area contributed by atoms with Crippen molar-refractivity contribution in [3.63, 3.8) is 0 Å². The number of H-pyrrole nitrogens is 1. The Bertz CT molecular complexity index is 1340. The number of aromatic nitrogens is 4. The Hall–Kier alpha value is -4.20. The molecule has 5 rings (SSSR count). The number of carbonyl (C=O) groups excluding carboxylic acids is 1. The van der Waals surface area contributed by atoms with Gasteiger partial charge in [-0.25, -0.2) is 9.67 Å². The highest BCUT2D eigenvalue weighted by Gasteiger charge is 2.30. The minimum Gasteiger partial charge on any atom is -0.457 e. The second-order valence-electron chi connectivity index (χ2n) is 7.59. The predicted molar refractivity (Wildman–Crippen MR) is 121 cm³/mol. The fourth-order valence-corrected chi connectivity index (χ4v) is 4.02. The second-order valence-corrected chi connectivity index (χ2v) is 7.59. The SMILES string of the molecule is C=CC(=O)N1CCC(n2nc(-c3ccc(Oc4ccccc4)cc3)c3c(=O)[nH]cnc32)C1. The summed E-state index contributed by atoms with van der Waals surface area (Å²) in [6.07, 6.45) is 3.43. The number of nitrogens with one attached hydrogen (secondary N) is 1. The number of aromatic amines is 1. The number of carbonyl (C=O) groups is 1. The zero-order valence-corrected chi connectivity index (χ0v) is 17.3. The standard InChI is InChI=1S/C24H21N5O3/c1-2-20(30)28-13-12-17(14-28)29-23-21(24(31)26-15-25-23)22(27-29)16-8-10-19(11-9-16)32-18-6-4-3-5-7-18/h2-11,15,17H,1,12-14H2,(H,25,26,31). The largest absolute Gasteiger partial charge is 0.457 e. The molecule has 4 aromatic rings. The van der Waals surface area contributed by atoms with Crippen molar-refractivity contribution < 1.29 is 9.53 Å². The van der Waals surface area contributed by atoms with Crippen molar-refractivity contribution in [2.24, 2.45) is 0 Å². The topological polar surface area (TPSA) is 93.1 Å². The number of benzene rings is 2. The lowest BCUT2D eigenvalue weighted by Crippen LogP contribution is -2.27. The summed E-state index contributed by atoms with van der Waals surface area (Å²) in [6.45, 7) is 4.67. The van der Waals surface area contributed by atoms with Crippen LogP contribution in [0, 0.1) is 0 Å². The molecule has 1 fully saturated rings. The molecule has 0 aliphatic carbocycles. The number of hydrogen-bond acceptors (Lipinski definition) is 5. The number of para-hydroxylation sites is 1. The third-order valence-corrected chi connectivity index (χ3v) is 5.60. The van der Waals surface area contributed by atoms with Crippen molar-refractivity contribution >= 4 is 16.9 Å². The van der Waals surface area contributed by atoms with E-state index in [1.807, 2.05) is 54.6 Å². The van der Waals surface area contributed by atoms with Crippen molar-refractivity contribution in [3.05, 3.63) is 83.9 Å². The number of amides is 1. The van der Waals surface area contributed by atoms with Gasteiger partial charge in [0, 0.05) is 18.7 Å². The maximum absolute atomic E-state index is 12.7. The van der Waals surface area contributed by atoms with E-state index >= 15 is 0 Å². The number of rotatable bonds is 5. The maximum Gasteiger partial charge on any atom is 0.262 e.